The molecule has 4 rings (SSSR count). The second-order valence-electron chi connectivity index (χ2n) is 7.31. The van der Waals surface area contributed by atoms with Crippen LogP contribution in [0.1, 0.15) is 18.9 Å². The van der Waals surface area contributed by atoms with Crippen LogP contribution in [0, 0.1) is 0 Å². The van der Waals surface area contributed by atoms with Crippen molar-refractivity contribution < 1.29 is 9.90 Å². The maximum atomic E-state index is 13.3. The number of carbonyl (C=O) groups is 1. The fourth-order valence-corrected chi connectivity index (χ4v) is 4.25. The van der Waals surface area contributed by atoms with Gasteiger partial charge in [-0.3, -0.25) is 14.2 Å². The topological polar surface area (TPSA) is 96.6 Å². The van der Waals surface area contributed by atoms with Crippen LogP contribution >= 0.6 is 23.4 Å². The lowest BCUT2D eigenvalue weighted by molar-refractivity contribution is -0.118. The Balaban J connectivity index is 1.58. The van der Waals surface area contributed by atoms with Crippen molar-refractivity contribution in [2.45, 2.75) is 18.5 Å². The Morgan fingerprint density at radius 2 is 1.79 bits per heavy atom. The summed E-state index contributed by atoms with van der Waals surface area (Å²) in [7, 11) is 0. The molecule has 0 aliphatic carbocycles. The summed E-state index contributed by atoms with van der Waals surface area (Å²) in [5, 5.41) is 15.1. The number of phenols is 1. The third kappa shape index (κ3) is 5.30. The van der Waals surface area contributed by atoms with Crippen LogP contribution in [0.2, 0.25) is 5.02 Å². The molecule has 1 heterocycles. The Labute approximate surface area is 205 Å². The van der Waals surface area contributed by atoms with Gasteiger partial charge in [0.2, 0.25) is 0 Å². The van der Waals surface area contributed by atoms with Gasteiger partial charge < -0.3 is 5.11 Å². The van der Waals surface area contributed by atoms with Gasteiger partial charge in [-0.15, -0.1) is 0 Å². The first kappa shape index (κ1) is 23.5. The zero-order valence-electron chi connectivity index (χ0n) is 18.2. The van der Waals surface area contributed by atoms with Gasteiger partial charge in [-0.2, -0.15) is 5.10 Å². The lowest BCUT2D eigenvalue weighted by atomic mass is 10.1. The maximum absolute atomic E-state index is 13.3. The number of aromatic hydroxyl groups is 1. The number of nitrogens with zero attached hydrogens (tertiary/aromatic N) is 3. The van der Waals surface area contributed by atoms with Gasteiger partial charge in [-0.05, 0) is 72.6 Å². The summed E-state index contributed by atoms with van der Waals surface area (Å²) in [4.78, 5) is 30.4. The van der Waals surface area contributed by atoms with Gasteiger partial charge in [-0.25, -0.2) is 10.4 Å². The van der Waals surface area contributed by atoms with E-state index in [4.69, 9.17) is 11.6 Å². The molecule has 4 aromatic rings. The second kappa shape index (κ2) is 10.5. The molecule has 1 aromatic heterocycles. The van der Waals surface area contributed by atoms with Crippen molar-refractivity contribution in [1.29, 1.82) is 0 Å². The summed E-state index contributed by atoms with van der Waals surface area (Å²) in [6.45, 7) is 1.93. The molecule has 3 aromatic carbocycles. The first-order valence-electron chi connectivity index (χ1n) is 10.5. The molecule has 1 amide bonds. The smallest absolute Gasteiger partial charge is 0.266 e. The predicted molar refractivity (Wildman–Crippen MR) is 136 cm³/mol. The number of hydrogen-bond donors (Lipinski definition) is 2. The average Bonchev–Trinajstić information content (AvgIpc) is 2.85. The van der Waals surface area contributed by atoms with Crippen molar-refractivity contribution in [3.05, 3.63) is 93.7 Å². The fourth-order valence-electron chi connectivity index (χ4n) is 3.32. The van der Waals surface area contributed by atoms with Crippen molar-refractivity contribution in [2.24, 2.45) is 5.10 Å². The highest BCUT2D eigenvalue weighted by Gasteiger charge is 2.15. The van der Waals surface area contributed by atoms with Crippen molar-refractivity contribution in [1.82, 2.24) is 15.0 Å². The summed E-state index contributed by atoms with van der Waals surface area (Å²) >= 11 is 7.16. The standard InChI is InChI=1S/C25H21ClN4O3S/c1-2-21(16-7-13-19(31)14-8-16)28-29-23(32)15-34-25-27-22-6-4-3-5-20(22)24(33)30(25)18-11-9-17(26)10-12-18/h3-14,31H,2,15H2,1H3,(H,29,32)/b28-21-. The highest BCUT2D eigenvalue weighted by Crippen LogP contribution is 2.22. The van der Waals surface area contributed by atoms with Crippen molar-refractivity contribution in [3.63, 3.8) is 0 Å². The number of nitrogens with one attached hydrogen (secondary N) is 1. The number of amides is 1. The zero-order valence-corrected chi connectivity index (χ0v) is 19.8. The van der Waals surface area contributed by atoms with Crippen LogP contribution in [0.4, 0.5) is 0 Å². The minimum Gasteiger partial charge on any atom is -0.508 e. The molecule has 9 heteroatoms. The molecule has 2 N–H and O–H groups in total. The summed E-state index contributed by atoms with van der Waals surface area (Å²) in [5.74, 6) is -0.164. The summed E-state index contributed by atoms with van der Waals surface area (Å²) < 4.78 is 1.48. The number of aromatic nitrogens is 2. The van der Waals surface area contributed by atoms with Crippen molar-refractivity contribution in [2.75, 3.05) is 5.75 Å². The number of carbonyl (C=O) groups excluding carboxylic acids is 1. The Kier molecular flexibility index (Phi) is 7.30. The van der Waals surface area contributed by atoms with Gasteiger partial charge in [0.05, 0.1) is 28.1 Å². The number of hydrazone groups is 1. The van der Waals surface area contributed by atoms with Gasteiger partial charge in [0, 0.05) is 5.02 Å². The molecular weight excluding hydrogens is 472 g/mol. The Morgan fingerprint density at radius 3 is 2.50 bits per heavy atom. The molecule has 7 nitrogen and oxygen atoms in total. The number of thioether (sulfide) groups is 1. The van der Waals surface area contributed by atoms with Gasteiger partial charge >= 0.3 is 0 Å². The molecular formula is C25H21ClN4O3S. The highest BCUT2D eigenvalue weighted by molar-refractivity contribution is 7.99. The molecule has 0 atom stereocenters. The van der Waals surface area contributed by atoms with E-state index in [0.29, 0.717) is 38.9 Å². The molecule has 0 unspecified atom stereocenters. The molecule has 0 fully saturated rings. The maximum Gasteiger partial charge on any atom is 0.266 e. The van der Waals surface area contributed by atoms with E-state index in [1.807, 2.05) is 13.0 Å². The molecule has 0 bridgehead atoms. The molecule has 0 spiro atoms. The monoisotopic (exact) mass is 492 g/mol. The molecule has 0 saturated carbocycles. The number of rotatable bonds is 7. The Hall–Kier alpha value is -3.62. The quantitative estimate of drug-likeness (QED) is 0.168. The number of benzene rings is 3. The van der Waals surface area contributed by atoms with Crippen LogP contribution in [0.5, 0.6) is 5.75 Å². The number of hydrogen-bond acceptors (Lipinski definition) is 6. The summed E-state index contributed by atoms with van der Waals surface area (Å²) in [6, 6.07) is 20.6. The Bertz CT molecular complexity index is 1420. The minimum absolute atomic E-state index is 0.00838. The van der Waals surface area contributed by atoms with Crippen LogP contribution in [-0.2, 0) is 4.79 Å². The SMILES string of the molecule is CC/C(=N/NC(=O)CSc1nc2ccccc2c(=O)n1-c1ccc(Cl)cc1)c1ccc(O)cc1. The van der Waals surface area contributed by atoms with E-state index in [1.54, 1.807) is 66.7 Å². The molecule has 34 heavy (non-hydrogen) atoms. The van der Waals surface area contributed by atoms with E-state index in [2.05, 4.69) is 15.5 Å². The summed E-state index contributed by atoms with van der Waals surface area (Å²) in [6.07, 6.45) is 0.598. The van der Waals surface area contributed by atoms with Gasteiger partial charge in [0.1, 0.15) is 5.75 Å². The molecule has 172 valence electrons. The lowest BCUT2D eigenvalue weighted by Gasteiger charge is -2.13. The minimum atomic E-state index is -0.334. The van der Waals surface area contributed by atoms with E-state index in [1.165, 1.54) is 4.57 Å². The fraction of sp³-hybridized carbons (Fsp3) is 0.120. The van der Waals surface area contributed by atoms with Gasteiger partial charge in [0.25, 0.3) is 11.5 Å². The van der Waals surface area contributed by atoms with Crippen molar-refractivity contribution in [3.8, 4) is 11.4 Å². The number of para-hydroxylation sites is 1. The first-order chi connectivity index (χ1) is 16.5. The molecule has 0 aliphatic rings. The number of halogens is 1. The molecule has 0 aliphatic heterocycles. The predicted octanol–water partition coefficient (Wildman–Crippen LogP) is 4.77. The van der Waals surface area contributed by atoms with Crippen LogP contribution in [-0.4, -0.2) is 32.0 Å². The first-order valence-corrected chi connectivity index (χ1v) is 11.9. The van der Waals surface area contributed by atoms with E-state index in [9.17, 15) is 14.7 Å². The lowest BCUT2D eigenvalue weighted by Crippen LogP contribution is -2.24. The normalized spacial score (nSPS) is 11.5. The van der Waals surface area contributed by atoms with Gasteiger partial charge in [0.15, 0.2) is 5.16 Å². The third-order valence-corrected chi connectivity index (χ3v) is 6.20. The van der Waals surface area contributed by atoms with E-state index < -0.39 is 0 Å². The average molecular weight is 493 g/mol. The van der Waals surface area contributed by atoms with E-state index >= 15 is 0 Å². The zero-order chi connectivity index (χ0) is 24.1. The van der Waals surface area contributed by atoms with Crippen LogP contribution in [0.25, 0.3) is 16.6 Å². The molecule has 0 radical (unpaired) electrons. The highest BCUT2D eigenvalue weighted by atomic mass is 35.5. The molecule has 0 saturated heterocycles. The second-order valence-corrected chi connectivity index (χ2v) is 8.69. The van der Waals surface area contributed by atoms with Crippen LogP contribution in [0.3, 0.4) is 0 Å². The van der Waals surface area contributed by atoms with Crippen molar-refractivity contribution >= 4 is 45.9 Å². The van der Waals surface area contributed by atoms with Crippen LogP contribution < -0.4 is 11.0 Å². The largest absolute Gasteiger partial charge is 0.508 e. The van der Waals surface area contributed by atoms with Crippen LogP contribution in [0.15, 0.2) is 87.8 Å². The third-order valence-electron chi connectivity index (χ3n) is 5.01. The number of phenolic OH excluding ortho intramolecular Hbond substituents is 1. The van der Waals surface area contributed by atoms with E-state index in [0.717, 1.165) is 17.3 Å². The number of fused-ring (bicyclic) bond motifs is 1. The Morgan fingerprint density at radius 1 is 1.09 bits per heavy atom. The summed E-state index contributed by atoms with van der Waals surface area (Å²) in [5.41, 5.74) is 4.99. The van der Waals surface area contributed by atoms with Gasteiger partial charge in [-0.1, -0.05) is 42.4 Å². The van der Waals surface area contributed by atoms with E-state index in [-0.39, 0.29) is 23.0 Å².